The normalized spacial score (nSPS) is 18.4. The summed E-state index contributed by atoms with van der Waals surface area (Å²) in [7, 11) is 1.35. The quantitative estimate of drug-likeness (QED) is 0.800. The molecule has 0 spiro atoms. The molecule has 0 aliphatic carbocycles. The van der Waals surface area contributed by atoms with Crippen LogP contribution in [-0.4, -0.2) is 36.5 Å². The molecule has 1 aliphatic rings. The van der Waals surface area contributed by atoms with Crippen LogP contribution < -0.4 is 0 Å². The van der Waals surface area contributed by atoms with E-state index in [0.717, 1.165) is 19.3 Å². The van der Waals surface area contributed by atoms with Gasteiger partial charge in [0.05, 0.1) is 20.0 Å². The van der Waals surface area contributed by atoms with E-state index in [1.54, 1.807) is 17.0 Å². The van der Waals surface area contributed by atoms with Crippen LogP contribution in [0.15, 0.2) is 24.3 Å². The van der Waals surface area contributed by atoms with Gasteiger partial charge in [-0.3, -0.25) is 9.59 Å². The van der Waals surface area contributed by atoms with E-state index in [2.05, 4.69) is 4.74 Å². The van der Waals surface area contributed by atoms with E-state index in [4.69, 9.17) is 0 Å². The number of methoxy groups -OCH3 is 1. The Morgan fingerprint density at radius 1 is 1.38 bits per heavy atom. The molecule has 2 rings (SSSR count). The van der Waals surface area contributed by atoms with Gasteiger partial charge >= 0.3 is 5.97 Å². The van der Waals surface area contributed by atoms with E-state index in [9.17, 15) is 14.0 Å². The summed E-state index contributed by atoms with van der Waals surface area (Å²) in [4.78, 5) is 25.6. The van der Waals surface area contributed by atoms with Crippen molar-refractivity contribution < 1.29 is 18.7 Å². The third kappa shape index (κ3) is 4.28. The fraction of sp³-hybridized carbons (Fsp3) is 0.500. The minimum Gasteiger partial charge on any atom is -0.469 e. The first-order valence-corrected chi connectivity index (χ1v) is 7.21. The van der Waals surface area contributed by atoms with Crippen molar-refractivity contribution in [1.29, 1.82) is 0 Å². The molecular weight excluding hydrogens is 273 g/mol. The summed E-state index contributed by atoms with van der Waals surface area (Å²) in [5.74, 6) is -0.704. The molecule has 1 aromatic carbocycles. The molecule has 1 atom stereocenters. The van der Waals surface area contributed by atoms with Crippen molar-refractivity contribution in [2.75, 3.05) is 13.7 Å². The molecule has 21 heavy (non-hydrogen) atoms. The number of esters is 1. The standard InChI is InChI=1S/C16H20FNO3/c1-21-16(20)11-14-7-2-3-8-18(14)15(19)10-12-5-4-6-13(17)9-12/h4-6,9,14H,2-3,7-8,10-11H2,1H3. The second kappa shape index (κ2) is 7.20. The van der Waals surface area contributed by atoms with Crippen LogP contribution in [-0.2, 0) is 20.7 Å². The predicted octanol–water partition coefficient (Wildman–Crippen LogP) is 2.31. The summed E-state index contributed by atoms with van der Waals surface area (Å²) in [6.45, 7) is 0.649. The number of hydrogen-bond donors (Lipinski definition) is 0. The fourth-order valence-electron chi connectivity index (χ4n) is 2.74. The lowest BCUT2D eigenvalue weighted by Crippen LogP contribution is -2.45. The van der Waals surface area contributed by atoms with Gasteiger partial charge in [0.25, 0.3) is 0 Å². The number of carbonyl (C=O) groups excluding carboxylic acids is 2. The first-order chi connectivity index (χ1) is 10.1. The summed E-state index contributed by atoms with van der Waals surface area (Å²) in [5.41, 5.74) is 0.655. The zero-order valence-electron chi connectivity index (χ0n) is 12.2. The van der Waals surface area contributed by atoms with E-state index >= 15 is 0 Å². The summed E-state index contributed by atoms with van der Waals surface area (Å²) in [5, 5.41) is 0. The Labute approximate surface area is 123 Å². The zero-order chi connectivity index (χ0) is 15.2. The minimum atomic E-state index is -0.343. The smallest absolute Gasteiger partial charge is 0.307 e. The van der Waals surface area contributed by atoms with Crippen molar-refractivity contribution in [3.63, 3.8) is 0 Å². The highest BCUT2D eigenvalue weighted by molar-refractivity contribution is 5.80. The Morgan fingerprint density at radius 2 is 2.19 bits per heavy atom. The second-order valence-corrected chi connectivity index (χ2v) is 5.32. The number of rotatable bonds is 4. The van der Waals surface area contributed by atoms with Gasteiger partial charge in [-0.15, -0.1) is 0 Å². The summed E-state index contributed by atoms with van der Waals surface area (Å²) >= 11 is 0. The zero-order valence-corrected chi connectivity index (χ0v) is 12.2. The van der Waals surface area contributed by atoms with Crippen LogP contribution in [0.3, 0.4) is 0 Å². The second-order valence-electron chi connectivity index (χ2n) is 5.32. The van der Waals surface area contributed by atoms with E-state index in [-0.39, 0.29) is 36.6 Å². The van der Waals surface area contributed by atoms with E-state index < -0.39 is 0 Å². The number of carbonyl (C=O) groups is 2. The van der Waals surface area contributed by atoms with Crippen LogP contribution in [0.1, 0.15) is 31.2 Å². The number of benzene rings is 1. The van der Waals surface area contributed by atoms with Gasteiger partial charge in [-0.1, -0.05) is 12.1 Å². The van der Waals surface area contributed by atoms with Gasteiger partial charge < -0.3 is 9.64 Å². The average Bonchev–Trinajstić information content (AvgIpc) is 2.47. The molecule has 1 aromatic rings. The molecule has 4 nitrogen and oxygen atoms in total. The topological polar surface area (TPSA) is 46.6 Å². The van der Waals surface area contributed by atoms with Crippen molar-refractivity contribution in [2.45, 2.75) is 38.1 Å². The van der Waals surface area contributed by atoms with Gasteiger partial charge in [0.1, 0.15) is 5.82 Å². The molecule has 0 aromatic heterocycles. The number of piperidine rings is 1. The molecule has 0 radical (unpaired) electrons. The Bertz CT molecular complexity index is 518. The first kappa shape index (κ1) is 15.5. The first-order valence-electron chi connectivity index (χ1n) is 7.21. The Kier molecular flexibility index (Phi) is 5.31. The molecule has 0 N–H and O–H groups in total. The van der Waals surface area contributed by atoms with Crippen molar-refractivity contribution in [1.82, 2.24) is 4.90 Å². The lowest BCUT2D eigenvalue weighted by Gasteiger charge is -2.35. The average molecular weight is 293 g/mol. The van der Waals surface area contributed by atoms with Crippen molar-refractivity contribution in [3.8, 4) is 0 Å². The van der Waals surface area contributed by atoms with E-state index in [1.165, 1.54) is 19.2 Å². The van der Waals surface area contributed by atoms with Gasteiger partial charge in [-0.2, -0.15) is 0 Å². The van der Waals surface area contributed by atoms with Crippen LogP contribution in [0.2, 0.25) is 0 Å². The highest BCUT2D eigenvalue weighted by Gasteiger charge is 2.28. The highest BCUT2D eigenvalue weighted by Crippen LogP contribution is 2.21. The minimum absolute atomic E-state index is 0.0609. The molecule has 0 bridgehead atoms. The van der Waals surface area contributed by atoms with Gasteiger partial charge in [0, 0.05) is 12.6 Å². The molecule has 1 amide bonds. The maximum atomic E-state index is 13.2. The SMILES string of the molecule is COC(=O)CC1CCCCN1C(=O)Cc1cccc(F)c1. The maximum absolute atomic E-state index is 13.2. The highest BCUT2D eigenvalue weighted by atomic mass is 19.1. The van der Waals surface area contributed by atoms with Gasteiger partial charge in [-0.25, -0.2) is 4.39 Å². The van der Waals surface area contributed by atoms with Gasteiger partial charge in [0.15, 0.2) is 0 Å². The summed E-state index contributed by atoms with van der Waals surface area (Å²) in [6, 6.07) is 5.96. The van der Waals surface area contributed by atoms with Crippen molar-refractivity contribution in [3.05, 3.63) is 35.6 Å². The largest absolute Gasteiger partial charge is 0.469 e. The summed E-state index contributed by atoms with van der Waals surface area (Å²) in [6.07, 6.45) is 3.14. The molecule has 1 aliphatic heterocycles. The maximum Gasteiger partial charge on any atom is 0.307 e. The van der Waals surface area contributed by atoms with Gasteiger partial charge in [-0.05, 0) is 37.0 Å². The van der Waals surface area contributed by atoms with Crippen molar-refractivity contribution in [2.24, 2.45) is 0 Å². The number of nitrogens with zero attached hydrogens (tertiary/aromatic N) is 1. The number of ether oxygens (including phenoxy) is 1. The monoisotopic (exact) mass is 293 g/mol. The Morgan fingerprint density at radius 3 is 2.90 bits per heavy atom. The lowest BCUT2D eigenvalue weighted by atomic mass is 9.98. The van der Waals surface area contributed by atoms with Crippen LogP contribution in [0.5, 0.6) is 0 Å². The van der Waals surface area contributed by atoms with Crippen molar-refractivity contribution >= 4 is 11.9 Å². The molecule has 5 heteroatoms. The lowest BCUT2D eigenvalue weighted by molar-refractivity contribution is -0.144. The Hall–Kier alpha value is -1.91. The van der Waals surface area contributed by atoms with Gasteiger partial charge in [0.2, 0.25) is 5.91 Å². The van der Waals surface area contributed by atoms with Crippen LogP contribution in [0.4, 0.5) is 4.39 Å². The van der Waals surface area contributed by atoms with E-state index in [0.29, 0.717) is 12.1 Å². The third-order valence-electron chi connectivity index (χ3n) is 3.82. The third-order valence-corrected chi connectivity index (χ3v) is 3.82. The van der Waals surface area contributed by atoms with Crippen LogP contribution in [0.25, 0.3) is 0 Å². The van der Waals surface area contributed by atoms with Crippen LogP contribution in [0, 0.1) is 5.82 Å². The number of halogens is 1. The van der Waals surface area contributed by atoms with E-state index in [1.807, 2.05) is 0 Å². The predicted molar refractivity (Wildman–Crippen MR) is 76.1 cm³/mol. The molecule has 1 saturated heterocycles. The molecule has 1 fully saturated rings. The molecule has 1 unspecified atom stereocenters. The molecule has 114 valence electrons. The molecule has 1 heterocycles. The number of likely N-dealkylation sites (tertiary alicyclic amines) is 1. The van der Waals surface area contributed by atoms with Crippen LogP contribution >= 0.6 is 0 Å². The number of hydrogen-bond acceptors (Lipinski definition) is 3. The number of amides is 1. The summed E-state index contributed by atoms with van der Waals surface area (Å²) < 4.78 is 17.9. The Balaban J connectivity index is 2.02. The molecule has 0 saturated carbocycles. The fourth-order valence-corrected chi connectivity index (χ4v) is 2.74. The molecular formula is C16H20FNO3.